The SMILES string of the molecule is O=C(O)COC(O)COc1cc(C(F)(F)F)ccc1-c1cc(=O)c2cccc(Cl)c2o1. The van der Waals surface area contributed by atoms with E-state index in [1.54, 1.807) is 6.07 Å². The molecule has 2 N–H and O–H groups in total. The van der Waals surface area contributed by atoms with Gasteiger partial charge in [0.15, 0.2) is 17.3 Å². The van der Waals surface area contributed by atoms with Crippen LogP contribution in [0.4, 0.5) is 13.2 Å². The van der Waals surface area contributed by atoms with E-state index in [9.17, 15) is 27.9 Å². The van der Waals surface area contributed by atoms with E-state index in [-0.39, 0.29) is 33.1 Å². The van der Waals surface area contributed by atoms with E-state index in [0.717, 1.165) is 18.2 Å². The summed E-state index contributed by atoms with van der Waals surface area (Å²) in [6.07, 6.45) is -6.42. The second-order valence-electron chi connectivity index (χ2n) is 6.27. The molecule has 1 atom stereocenters. The molecule has 0 radical (unpaired) electrons. The van der Waals surface area contributed by atoms with Gasteiger partial charge in [-0.25, -0.2) is 4.79 Å². The number of benzene rings is 2. The smallest absolute Gasteiger partial charge is 0.416 e. The lowest BCUT2D eigenvalue weighted by Gasteiger charge is -2.17. The predicted molar refractivity (Wildman–Crippen MR) is 103 cm³/mol. The molecule has 0 saturated heterocycles. The topological polar surface area (TPSA) is 106 Å². The van der Waals surface area contributed by atoms with Gasteiger partial charge >= 0.3 is 12.1 Å². The van der Waals surface area contributed by atoms with E-state index in [4.69, 9.17) is 25.9 Å². The minimum absolute atomic E-state index is 0.0163. The maximum Gasteiger partial charge on any atom is 0.416 e. The van der Waals surface area contributed by atoms with Crippen LogP contribution in [0.5, 0.6) is 5.75 Å². The number of ether oxygens (including phenoxy) is 2. The molecule has 0 bridgehead atoms. The van der Waals surface area contributed by atoms with Crippen molar-refractivity contribution >= 4 is 28.5 Å². The lowest BCUT2D eigenvalue weighted by atomic mass is 10.1. The minimum Gasteiger partial charge on any atom is -0.488 e. The molecule has 0 aliphatic carbocycles. The fourth-order valence-electron chi connectivity index (χ4n) is 2.67. The Hall–Kier alpha value is -3.08. The van der Waals surface area contributed by atoms with Crippen molar-refractivity contribution in [2.24, 2.45) is 0 Å². The summed E-state index contributed by atoms with van der Waals surface area (Å²) in [5, 5.41) is 18.5. The van der Waals surface area contributed by atoms with Crippen LogP contribution in [0.25, 0.3) is 22.3 Å². The van der Waals surface area contributed by atoms with E-state index in [1.807, 2.05) is 0 Å². The summed E-state index contributed by atoms with van der Waals surface area (Å²) in [4.78, 5) is 22.9. The second-order valence-corrected chi connectivity index (χ2v) is 6.68. The van der Waals surface area contributed by atoms with Gasteiger partial charge in [-0.3, -0.25) is 4.79 Å². The van der Waals surface area contributed by atoms with Crippen LogP contribution in [0, 0.1) is 0 Å². The molecule has 1 heterocycles. The first-order valence-electron chi connectivity index (χ1n) is 8.64. The average Bonchev–Trinajstić information content (AvgIpc) is 2.70. The van der Waals surface area contributed by atoms with Gasteiger partial charge in [-0.05, 0) is 30.3 Å². The molecular weight excluding hydrogens is 445 g/mol. The maximum atomic E-state index is 13.2. The Morgan fingerprint density at radius 3 is 2.61 bits per heavy atom. The molecule has 1 unspecified atom stereocenters. The van der Waals surface area contributed by atoms with Crippen molar-refractivity contribution in [3.05, 3.63) is 63.3 Å². The summed E-state index contributed by atoms with van der Waals surface area (Å²) in [7, 11) is 0. The molecule has 2 aromatic carbocycles. The van der Waals surface area contributed by atoms with Crippen molar-refractivity contribution in [3.63, 3.8) is 0 Å². The summed E-state index contributed by atoms with van der Waals surface area (Å²) >= 11 is 6.07. The van der Waals surface area contributed by atoms with Gasteiger partial charge in [0.1, 0.15) is 24.7 Å². The van der Waals surface area contributed by atoms with E-state index in [2.05, 4.69) is 4.74 Å². The van der Waals surface area contributed by atoms with Gasteiger partial charge in [0.05, 0.1) is 21.5 Å². The van der Waals surface area contributed by atoms with Crippen LogP contribution in [0.2, 0.25) is 5.02 Å². The van der Waals surface area contributed by atoms with E-state index in [0.29, 0.717) is 6.07 Å². The van der Waals surface area contributed by atoms with Crippen molar-refractivity contribution in [3.8, 4) is 17.1 Å². The summed E-state index contributed by atoms with van der Waals surface area (Å²) in [5.41, 5.74) is -1.50. The summed E-state index contributed by atoms with van der Waals surface area (Å²) in [5.74, 6) is -1.84. The number of carboxylic acid groups (broad SMARTS) is 1. The van der Waals surface area contributed by atoms with Crippen molar-refractivity contribution < 1.29 is 42.1 Å². The third kappa shape index (κ3) is 5.35. The molecule has 0 spiro atoms. The zero-order valence-corrected chi connectivity index (χ0v) is 16.2. The summed E-state index contributed by atoms with van der Waals surface area (Å²) in [6, 6.07) is 8.07. The fourth-order valence-corrected chi connectivity index (χ4v) is 2.89. The third-order valence-electron chi connectivity index (χ3n) is 4.06. The summed E-state index contributed by atoms with van der Waals surface area (Å²) < 4.78 is 54.9. The van der Waals surface area contributed by atoms with Crippen LogP contribution >= 0.6 is 11.6 Å². The largest absolute Gasteiger partial charge is 0.488 e. The van der Waals surface area contributed by atoms with Crippen LogP contribution in [0.3, 0.4) is 0 Å². The summed E-state index contributed by atoms with van der Waals surface area (Å²) in [6.45, 7) is -1.52. The zero-order valence-electron chi connectivity index (χ0n) is 15.5. The number of hydrogen-bond acceptors (Lipinski definition) is 6. The molecule has 0 fully saturated rings. The molecule has 11 heteroatoms. The lowest BCUT2D eigenvalue weighted by Crippen LogP contribution is -2.24. The van der Waals surface area contributed by atoms with Crippen LogP contribution < -0.4 is 10.2 Å². The van der Waals surface area contributed by atoms with Crippen LogP contribution in [0.1, 0.15) is 5.56 Å². The highest BCUT2D eigenvalue weighted by molar-refractivity contribution is 6.34. The number of aliphatic hydroxyl groups excluding tert-OH is 1. The van der Waals surface area contributed by atoms with Gasteiger partial charge in [-0.15, -0.1) is 0 Å². The molecule has 7 nitrogen and oxygen atoms in total. The predicted octanol–water partition coefficient (Wildman–Crippen LogP) is 3.93. The lowest BCUT2D eigenvalue weighted by molar-refractivity contribution is -0.160. The van der Waals surface area contributed by atoms with Gasteiger partial charge in [-0.2, -0.15) is 13.2 Å². The van der Waals surface area contributed by atoms with E-state index >= 15 is 0 Å². The Balaban J connectivity index is 2.03. The number of rotatable bonds is 7. The molecule has 1 aromatic heterocycles. The molecule has 0 aliphatic heterocycles. The molecular formula is C20H14ClF3O7. The minimum atomic E-state index is -4.69. The average molecular weight is 459 g/mol. The highest BCUT2D eigenvalue weighted by Crippen LogP contribution is 2.38. The molecule has 0 saturated carbocycles. The number of carbonyl (C=O) groups is 1. The number of aliphatic hydroxyl groups is 1. The Labute approximate surface area is 177 Å². The number of halogens is 4. The second kappa shape index (κ2) is 8.96. The van der Waals surface area contributed by atoms with Crippen molar-refractivity contribution in [2.75, 3.05) is 13.2 Å². The van der Waals surface area contributed by atoms with Gasteiger partial charge in [0.25, 0.3) is 0 Å². The van der Waals surface area contributed by atoms with E-state index in [1.165, 1.54) is 12.1 Å². The monoisotopic (exact) mass is 458 g/mol. The Bertz CT molecular complexity index is 1170. The molecule has 164 valence electrons. The first kappa shape index (κ1) is 22.6. The molecule has 3 aromatic rings. The molecule has 31 heavy (non-hydrogen) atoms. The van der Waals surface area contributed by atoms with Gasteiger partial charge in [-0.1, -0.05) is 17.7 Å². The van der Waals surface area contributed by atoms with Gasteiger partial charge < -0.3 is 24.1 Å². The Morgan fingerprint density at radius 1 is 1.19 bits per heavy atom. The molecule has 0 aliphatic rings. The van der Waals surface area contributed by atoms with Gasteiger partial charge in [0.2, 0.25) is 0 Å². The first-order chi connectivity index (χ1) is 14.6. The van der Waals surface area contributed by atoms with Crippen LogP contribution in [-0.2, 0) is 15.7 Å². The zero-order chi connectivity index (χ0) is 22.8. The highest BCUT2D eigenvalue weighted by atomic mass is 35.5. The normalized spacial score (nSPS) is 12.7. The van der Waals surface area contributed by atoms with Crippen LogP contribution in [0.15, 0.2) is 51.7 Å². The number of para-hydroxylation sites is 1. The first-order valence-corrected chi connectivity index (χ1v) is 9.02. The number of fused-ring (bicyclic) bond motifs is 1. The number of carboxylic acids is 1. The maximum absolute atomic E-state index is 13.2. The molecule has 0 amide bonds. The third-order valence-corrected chi connectivity index (χ3v) is 4.36. The highest BCUT2D eigenvalue weighted by Gasteiger charge is 2.32. The van der Waals surface area contributed by atoms with Crippen molar-refractivity contribution in [1.82, 2.24) is 0 Å². The number of alkyl halides is 3. The quantitative estimate of drug-likeness (QED) is 0.517. The number of aliphatic carboxylic acids is 1. The standard InChI is InChI=1S/C20H14ClF3O7/c21-13-3-1-2-11-14(25)7-16(31-19(11)13)12-5-4-10(20(22,23)24)6-15(12)29-9-18(28)30-8-17(26)27/h1-7,18,28H,8-9H2,(H,26,27). The number of hydrogen-bond donors (Lipinski definition) is 2. The molecule has 3 rings (SSSR count). The fraction of sp³-hybridized carbons (Fsp3) is 0.200. The Morgan fingerprint density at radius 2 is 1.94 bits per heavy atom. The van der Waals surface area contributed by atoms with Crippen molar-refractivity contribution in [1.29, 1.82) is 0 Å². The Kier molecular flexibility index (Phi) is 6.54. The van der Waals surface area contributed by atoms with Crippen LogP contribution in [-0.4, -0.2) is 35.7 Å². The van der Waals surface area contributed by atoms with E-state index < -0.39 is 42.6 Å². The van der Waals surface area contributed by atoms with Gasteiger partial charge in [0, 0.05) is 6.07 Å². The van der Waals surface area contributed by atoms with Crippen molar-refractivity contribution in [2.45, 2.75) is 12.5 Å².